The lowest BCUT2D eigenvalue weighted by molar-refractivity contribution is -0.136. The summed E-state index contributed by atoms with van der Waals surface area (Å²) in [7, 11) is 0. The van der Waals surface area contributed by atoms with Crippen molar-refractivity contribution in [1.82, 2.24) is 0 Å². The Bertz CT molecular complexity index is 424. The molecule has 0 saturated heterocycles. The average Bonchev–Trinajstić information content (AvgIpc) is 2.21. The van der Waals surface area contributed by atoms with Crippen LogP contribution in [0.4, 0.5) is 13.2 Å². The molecule has 1 rings (SSSR count). The highest BCUT2D eigenvalue weighted by atomic mass is 79.9. The largest absolute Gasteiger partial charge is 0.481 e. The molecule has 0 aliphatic heterocycles. The van der Waals surface area contributed by atoms with E-state index in [1.54, 1.807) is 0 Å². The second-order valence-corrected chi connectivity index (χ2v) is 3.70. The quantitative estimate of drug-likeness (QED) is 0.850. The van der Waals surface area contributed by atoms with Crippen LogP contribution in [-0.2, 0) is 16.5 Å². The van der Waals surface area contributed by atoms with E-state index in [1.807, 2.05) is 0 Å². The molecule has 0 fully saturated rings. The SMILES string of the molecule is O=C(O)Cc1cc(OC(F)F)cc(CBr)c1F. The number of carbonyl (C=O) groups is 1. The summed E-state index contributed by atoms with van der Waals surface area (Å²) in [4.78, 5) is 10.5. The standard InChI is InChI=1S/C10H8BrF3O3/c11-4-6-2-7(17-10(13)14)1-5(9(6)12)3-8(15)16/h1-2,10H,3-4H2,(H,15,16). The summed E-state index contributed by atoms with van der Waals surface area (Å²) >= 11 is 2.98. The van der Waals surface area contributed by atoms with Crippen LogP contribution in [0.15, 0.2) is 12.1 Å². The number of carboxylic acid groups (broad SMARTS) is 1. The Morgan fingerprint density at radius 1 is 1.41 bits per heavy atom. The zero-order chi connectivity index (χ0) is 13.0. The Balaban J connectivity index is 3.13. The van der Waals surface area contributed by atoms with Crippen LogP contribution in [-0.4, -0.2) is 17.7 Å². The lowest BCUT2D eigenvalue weighted by Crippen LogP contribution is -2.07. The molecule has 1 aromatic carbocycles. The van der Waals surface area contributed by atoms with E-state index in [-0.39, 0.29) is 22.2 Å². The van der Waals surface area contributed by atoms with Crippen molar-refractivity contribution in [2.45, 2.75) is 18.4 Å². The minimum absolute atomic E-state index is 0.0689. The van der Waals surface area contributed by atoms with Gasteiger partial charge in [-0.25, -0.2) is 4.39 Å². The first-order chi connectivity index (χ1) is 7.93. The van der Waals surface area contributed by atoms with E-state index < -0.39 is 24.8 Å². The third kappa shape index (κ3) is 3.92. The van der Waals surface area contributed by atoms with E-state index in [9.17, 15) is 18.0 Å². The molecule has 0 spiro atoms. The van der Waals surface area contributed by atoms with E-state index >= 15 is 0 Å². The lowest BCUT2D eigenvalue weighted by Gasteiger charge is -2.10. The van der Waals surface area contributed by atoms with E-state index in [0.29, 0.717) is 0 Å². The fourth-order valence-corrected chi connectivity index (χ4v) is 1.69. The van der Waals surface area contributed by atoms with Crippen molar-refractivity contribution in [2.24, 2.45) is 0 Å². The minimum Gasteiger partial charge on any atom is -0.481 e. The van der Waals surface area contributed by atoms with Crippen LogP contribution >= 0.6 is 15.9 Å². The maximum Gasteiger partial charge on any atom is 0.387 e. The zero-order valence-electron chi connectivity index (χ0n) is 8.42. The van der Waals surface area contributed by atoms with Gasteiger partial charge in [-0.3, -0.25) is 4.79 Å². The van der Waals surface area contributed by atoms with Crippen molar-refractivity contribution >= 4 is 21.9 Å². The monoisotopic (exact) mass is 312 g/mol. The van der Waals surface area contributed by atoms with Crippen molar-refractivity contribution < 1.29 is 27.8 Å². The third-order valence-corrected chi connectivity index (χ3v) is 2.51. The van der Waals surface area contributed by atoms with Gasteiger partial charge < -0.3 is 9.84 Å². The topological polar surface area (TPSA) is 46.5 Å². The number of rotatable bonds is 5. The molecule has 0 atom stereocenters. The summed E-state index contributed by atoms with van der Waals surface area (Å²) in [6.45, 7) is -3.04. The molecule has 0 aliphatic carbocycles. The second-order valence-electron chi connectivity index (χ2n) is 3.14. The Morgan fingerprint density at radius 2 is 2.00 bits per heavy atom. The number of carboxylic acids is 1. The number of hydrogen-bond donors (Lipinski definition) is 1. The van der Waals surface area contributed by atoms with Crippen molar-refractivity contribution in [3.63, 3.8) is 0 Å². The molecule has 17 heavy (non-hydrogen) atoms. The molecule has 94 valence electrons. The highest BCUT2D eigenvalue weighted by Crippen LogP contribution is 2.25. The summed E-state index contributed by atoms with van der Waals surface area (Å²) in [5, 5.41) is 8.64. The third-order valence-electron chi connectivity index (χ3n) is 1.91. The first kappa shape index (κ1) is 13.8. The molecule has 0 unspecified atom stereocenters. The van der Waals surface area contributed by atoms with Gasteiger partial charge in [0.2, 0.25) is 0 Å². The van der Waals surface area contributed by atoms with Crippen LogP contribution in [0.1, 0.15) is 11.1 Å². The molecule has 0 amide bonds. The van der Waals surface area contributed by atoms with Gasteiger partial charge in [0.25, 0.3) is 0 Å². The second kappa shape index (κ2) is 5.90. The van der Waals surface area contributed by atoms with Crippen LogP contribution in [0.5, 0.6) is 5.75 Å². The molecule has 0 bridgehead atoms. The molecular weight excluding hydrogens is 305 g/mol. The normalized spacial score (nSPS) is 10.6. The molecule has 0 aliphatic rings. The van der Waals surface area contributed by atoms with Crippen molar-refractivity contribution in [3.05, 3.63) is 29.1 Å². The summed E-state index contributed by atoms with van der Waals surface area (Å²) < 4.78 is 41.7. The van der Waals surface area contributed by atoms with Crippen LogP contribution in [0.2, 0.25) is 0 Å². The summed E-state index contributed by atoms with van der Waals surface area (Å²) in [5.41, 5.74) is -0.121. The van der Waals surface area contributed by atoms with E-state index in [4.69, 9.17) is 5.11 Å². The first-order valence-electron chi connectivity index (χ1n) is 4.48. The Morgan fingerprint density at radius 3 is 2.47 bits per heavy atom. The molecular formula is C10H8BrF3O3. The number of aliphatic carboxylic acids is 1. The molecule has 0 saturated carbocycles. The van der Waals surface area contributed by atoms with Gasteiger partial charge >= 0.3 is 12.6 Å². The molecule has 1 aromatic rings. The van der Waals surface area contributed by atoms with E-state index in [2.05, 4.69) is 20.7 Å². The van der Waals surface area contributed by atoms with Gasteiger partial charge in [0.15, 0.2) is 0 Å². The van der Waals surface area contributed by atoms with Gasteiger partial charge in [0, 0.05) is 16.5 Å². The minimum atomic E-state index is -3.04. The van der Waals surface area contributed by atoms with E-state index in [0.717, 1.165) is 12.1 Å². The number of hydrogen-bond acceptors (Lipinski definition) is 2. The lowest BCUT2D eigenvalue weighted by atomic mass is 10.1. The molecule has 1 N–H and O–H groups in total. The van der Waals surface area contributed by atoms with Gasteiger partial charge in [-0.2, -0.15) is 8.78 Å². The molecule has 0 heterocycles. The molecule has 7 heteroatoms. The predicted octanol–water partition coefficient (Wildman–Crippen LogP) is 2.95. The summed E-state index contributed by atoms with van der Waals surface area (Å²) in [6, 6.07) is 2.06. The smallest absolute Gasteiger partial charge is 0.387 e. The van der Waals surface area contributed by atoms with E-state index in [1.165, 1.54) is 0 Å². The van der Waals surface area contributed by atoms with Gasteiger partial charge in [0.1, 0.15) is 11.6 Å². The molecule has 0 radical (unpaired) electrons. The Hall–Kier alpha value is -1.24. The van der Waals surface area contributed by atoms with Crippen LogP contribution in [0.3, 0.4) is 0 Å². The predicted molar refractivity (Wildman–Crippen MR) is 57.0 cm³/mol. The highest BCUT2D eigenvalue weighted by Gasteiger charge is 2.15. The van der Waals surface area contributed by atoms with Crippen molar-refractivity contribution in [1.29, 1.82) is 0 Å². The Labute approximate surface area is 103 Å². The number of benzene rings is 1. The fraction of sp³-hybridized carbons (Fsp3) is 0.300. The maximum absolute atomic E-state index is 13.6. The number of ether oxygens (including phenoxy) is 1. The first-order valence-corrected chi connectivity index (χ1v) is 5.60. The number of halogens is 4. The van der Waals surface area contributed by atoms with Crippen LogP contribution < -0.4 is 4.74 Å². The highest BCUT2D eigenvalue weighted by molar-refractivity contribution is 9.08. The van der Waals surface area contributed by atoms with Gasteiger partial charge in [-0.15, -0.1) is 0 Å². The maximum atomic E-state index is 13.6. The number of alkyl halides is 3. The van der Waals surface area contributed by atoms with Crippen LogP contribution in [0.25, 0.3) is 0 Å². The van der Waals surface area contributed by atoms with Crippen molar-refractivity contribution in [2.75, 3.05) is 0 Å². The van der Waals surface area contributed by atoms with Crippen LogP contribution in [0, 0.1) is 5.82 Å². The fourth-order valence-electron chi connectivity index (χ4n) is 1.28. The summed E-state index contributed by atoms with van der Waals surface area (Å²) in [5.74, 6) is -2.24. The molecule has 0 aromatic heterocycles. The van der Waals surface area contributed by atoms with Gasteiger partial charge in [0.05, 0.1) is 6.42 Å². The van der Waals surface area contributed by atoms with Gasteiger partial charge in [-0.05, 0) is 12.1 Å². The summed E-state index contributed by atoms with van der Waals surface area (Å²) in [6.07, 6.45) is -0.591. The van der Waals surface area contributed by atoms with Crippen molar-refractivity contribution in [3.8, 4) is 5.75 Å². The average molecular weight is 313 g/mol. The zero-order valence-corrected chi connectivity index (χ0v) is 10.0. The molecule has 3 nitrogen and oxygen atoms in total. The van der Waals surface area contributed by atoms with Gasteiger partial charge in [-0.1, -0.05) is 15.9 Å². The Kier molecular flexibility index (Phi) is 4.80.